The van der Waals surface area contributed by atoms with Crippen molar-refractivity contribution in [2.45, 2.75) is 11.2 Å². The zero-order valence-electron chi connectivity index (χ0n) is 24.7. The minimum absolute atomic E-state index is 0.400. The van der Waals surface area contributed by atoms with Gasteiger partial charge in [0.25, 0.3) is 0 Å². The summed E-state index contributed by atoms with van der Waals surface area (Å²) in [6, 6.07) is 62.8. The van der Waals surface area contributed by atoms with Crippen molar-refractivity contribution in [2.75, 3.05) is 13.2 Å². The van der Waals surface area contributed by atoms with Crippen LogP contribution in [0, 0.1) is 0 Å². The highest BCUT2D eigenvalue weighted by Crippen LogP contribution is 2.41. The van der Waals surface area contributed by atoms with E-state index in [4.69, 9.17) is 9.47 Å². The molecule has 0 aliphatic heterocycles. The lowest BCUT2D eigenvalue weighted by Crippen LogP contribution is -2.33. The summed E-state index contributed by atoms with van der Waals surface area (Å²) in [5.41, 5.74) is 4.96. The van der Waals surface area contributed by atoms with Crippen LogP contribution in [-0.2, 0) is 20.7 Å². The fourth-order valence-corrected chi connectivity index (χ4v) is 6.02. The van der Waals surface area contributed by atoms with Gasteiger partial charge in [-0.3, -0.25) is 0 Å². The Kier molecular flexibility index (Phi) is 9.23. The van der Waals surface area contributed by atoms with Crippen LogP contribution in [0.1, 0.15) is 33.4 Å². The third-order valence-corrected chi connectivity index (χ3v) is 8.04. The van der Waals surface area contributed by atoms with E-state index in [9.17, 15) is 0 Å². The lowest BCUT2D eigenvalue weighted by molar-refractivity contribution is 0.0260. The van der Waals surface area contributed by atoms with Crippen molar-refractivity contribution in [1.82, 2.24) is 0 Å². The normalized spacial score (nSPS) is 11.9. The molecule has 0 radical (unpaired) electrons. The van der Waals surface area contributed by atoms with Gasteiger partial charge in [-0.15, -0.1) is 0 Å². The molecule has 0 spiro atoms. The molecule has 2 heteroatoms. The Balaban J connectivity index is 1.31. The maximum atomic E-state index is 6.93. The number of rotatable bonds is 12. The van der Waals surface area contributed by atoms with Gasteiger partial charge in [0.15, 0.2) is 0 Å². The van der Waals surface area contributed by atoms with Gasteiger partial charge in [0.2, 0.25) is 0 Å². The van der Waals surface area contributed by atoms with E-state index in [0.717, 1.165) is 33.4 Å². The molecule has 0 aliphatic rings. The lowest BCUT2D eigenvalue weighted by Gasteiger charge is -2.36. The Bertz CT molecular complexity index is 1390. The Morgan fingerprint density at radius 2 is 0.477 bits per heavy atom. The number of benzene rings is 6. The maximum absolute atomic E-state index is 6.93. The van der Waals surface area contributed by atoms with Gasteiger partial charge in [0.1, 0.15) is 11.2 Å². The zero-order valence-corrected chi connectivity index (χ0v) is 24.7. The van der Waals surface area contributed by atoms with Gasteiger partial charge in [-0.2, -0.15) is 0 Å². The third kappa shape index (κ3) is 5.91. The van der Waals surface area contributed by atoms with E-state index in [2.05, 4.69) is 158 Å². The third-order valence-electron chi connectivity index (χ3n) is 8.04. The first kappa shape index (κ1) is 29.1. The smallest absolute Gasteiger partial charge is 0.144 e. The maximum Gasteiger partial charge on any atom is 0.144 e. The van der Waals surface area contributed by atoms with Crippen LogP contribution in [0.4, 0.5) is 0 Å². The summed E-state index contributed by atoms with van der Waals surface area (Å²) in [5.74, 6) is 0. The second-order valence-electron chi connectivity index (χ2n) is 10.7. The molecule has 0 aliphatic carbocycles. The highest BCUT2D eigenvalue weighted by molar-refractivity contribution is 5.49. The van der Waals surface area contributed by atoms with Crippen molar-refractivity contribution in [1.29, 1.82) is 0 Å². The van der Waals surface area contributed by atoms with Gasteiger partial charge < -0.3 is 9.47 Å². The van der Waals surface area contributed by atoms with E-state index < -0.39 is 11.2 Å². The number of hydrogen-bond donors (Lipinski definition) is 0. The molecule has 44 heavy (non-hydrogen) atoms. The van der Waals surface area contributed by atoms with E-state index >= 15 is 0 Å². The SMILES string of the molecule is C(=C/COC(c1ccccc1)(c1ccccc1)c1ccccc1)/COC(c1ccccc1)(c1ccccc1)c1ccccc1. The monoisotopic (exact) mass is 572 g/mol. The summed E-state index contributed by atoms with van der Waals surface area (Å²) >= 11 is 0. The van der Waals surface area contributed by atoms with Crippen LogP contribution in [0.25, 0.3) is 0 Å². The first-order valence-electron chi connectivity index (χ1n) is 15.1. The summed E-state index contributed by atoms with van der Waals surface area (Å²) in [7, 11) is 0. The second kappa shape index (κ2) is 14.0. The molecule has 0 N–H and O–H groups in total. The average Bonchev–Trinajstić information content (AvgIpc) is 3.12. The van der Waals surface area contributed by atoms with Gasteiger partial charge in [-0.05, 0) is 33.4 Å². The molecule has 6 aromatic carbocycles. The Morgan fingerprint density at radius 1 is 0.295 bits per heavy atom. The second-order valence-corrected chi connectivity index (χ2v) is 10.7. The van der Waals surface area contributed by atoms with Gasteiger partial charge in [-0.1, -0.05) is 194 Å². The molecule has 0 atom stereocenters. The highest BCUT2D eigenvalue weighted by Gasteiger charge is 2.38. The van der Waals surface area contributed by atoms with Gasteiger partial charge >= 0.3 is 0 Å². The predicted molar refractivity (Wildman–Crippen MR) is 179 cm³/mol. The van der Waals surface area contributed by atoms with E-state index in [0.29, 0.717) is 13.2 Å². The average molecular weight is 573 g/mol. The van der Waals surface area contributed by atoms with E-state index in [-0.39, 0.29) is 0 Å². The fraction of sp³-hybridized carbons (Fsp3) is 0.0952. The minimum Gasteiger partial charge on any atom is -0.357 e. The molecule has 0 saturated heterocycles. The lowest BCUT2D eigenvalue weighted by atomic mass is 9.80. The molecule has 0 amide bonds. The topological polar surface area (TPSA) is 18.5 Å². The molecule has 216 valence electrons. The molecule has 0 heterocycles. The van der Waals surface area contributed by atoms with Crippen molar-refractivity contribution in [3.8, 4) is 0 Å². The molecule has 6 aromatic rings. The first-order valence-corrected chi connectivity index (χ1v) is 15.1. The molecule has 0 unspecified atom stereocenters. The van der Waals surface area contributed by atoms with Gasteiger partial charge in [0.05, 0.1) is 13.2 Å². The number of hydrogen-bond acceptors (Lipinski definition) is 2. The molecule has 6 rings (SSSR count). The zero-order chi connectivity index (χ0) is 29.9. The van der Waals surface area contributed by atoms with Crippen LogP contribution >= 0.6 is 0 Å². The predicted octanol–water partition coefficient (Wildman–Crippen LogP) is 9.56. The van der Waals surface area contributed by atoms with Crippen LogP contribution in [-0.4, -0.2) is 13.2 Å². The van der Waals surface area contributed by atoms with Crippen molar-refractivity contribution < 1.29 is 9.47 Å². The summed E-state index contributed by atoms with van der Waals surface area (Å²) in [6.07, 6.45) is 4.13. The fourth-order valence-electron chi connectivity index (χ4n) is 6.02. The largest absolute Gasteiger partial charge is 0.357 e. The van der Waals surface area contributed by atoms with Crippen LogP contribution in [0.3, 0.4) is 0 Å². The van der Waals surface area contributed by atoms with Crippen LogP contribution < -0.4 is 0 Å². The minimum atomic E-state index is -0.767. The quantitative estimate of drug-likeness (QED) is 0.107. The van der Waals surface area contributed by atoms with E-state index in [1.165, 1.54) is 0 Å². The first-order chi connectivity index (χ1) is 21.8. The van der Waals surface area contributed by atoms with E-state index in [1.54, 1.807) is 0 Å². The molecule has 0 fully saturated rings. The van der Waals surface area contributed by atoms with E-state index in [1.807, 2.05) is 36.4 Å². The van der Waals surface area contributed by atoms with Crippen LogP contribution in [0.2, 0.25) is 0 Å². The Hall–Kier alpha value is -5.02. The van der Waals surface area contributed by atoms with Crippen molar-refractivity contribution in [3.63, 3.8) is 0 Å². The van der Waals surface area contributed by atoms with Crippen molar-refractivity contribution in [3.05, 3.63) is 228 Å². The molecular weight excluding hydrogens is 536 g/mol. The summed E-state index contributed by atoms with van der Waals surface area (Å²) in [5, 5.41) is 0. The standard InChI is InChI=1S/C42H36O2/c1-7-21-35(22-8-1)41(36-23-9-2-10-24-36,37-25-11-3-12-26-37)43-33-19-20-34-44-42(38-27-13-4-14-28-38,39-29-15-5-16-30-39)40-31-17-6-18-32-40/h1-32H,33-34H2/b20-19-. The summed E-state index contributed by atoms with van der Waals surface area (Å²) < 4.78 is 13.9. The van der Waals surface area contributed by atoms with Gasteiger partial charge in [-0.25, -0.2) is 0 Å². The summed E-state index contributed by atoms with van der Waals surface area (Å²) in [4.78, 5) is 0. The summed E-state index contributed by atoms with van der Waals surface area (Å²) in [6.45, 7) is 0.800. The van der Waals surface area contributed by atoms with Gasteiger partial charge in [0, 0.05) is 0 Å². The molecule has 2 nitrogen and oxygen atoms in total. The van der Waals surface area contributed by atoms with Crippen molar-refractivity contribution in [2.24, 2.45) is 0 Å². The van der Waals surface area contributed by atoms with Crippen molar-refractivity contribution >= 4 is 0 Å². The molecule has 0 saturated carbocycles. The Labute approximate surface area is 260 Å². The Morgan fingerprint density at radius 3 is 0.659 bits per heavy atom. The molecular formula is C42H36O2. The van der Waals surface area contributed by atoms with Crippen LogP contribution in [0.5, 0.6) is 0 Å². The molecule has 0 aromatic heterocycles. The number of ether oxygens (including phenoxy) is 2. The van der Waals surface area contributed by atoms with Crippen LogP contribution in [0.15, 0.2) is 194 Å². The highest BCUT2D eigenvalue weighted by atomic mass is 16.5. The molecule has 0 bridgehead atoms.